The van der Waals surface area contributed by atoms with Crippen LogP contribution in [0.15, 0.2) is 47.4 Å². The van der Waals surface area contributed by atoms with Gasteiger partial charge in [-0.15, -0.1) is 0 Å². The molecule has 1 N–H and O–H groups in total. The van der Waals surface area contributed by atoms with E-state index in [9.17, 15) is 22.8 Å². The highest BCUT2D eigenvalue weighted by atomic mass is 35.5. The first-order valence-corrected chi connectivity index (χ1v) is 12.0. The maximum atomic E-state index is 12.8. The topological polar surface area (TPSA) is 113 Å². The van der Waals surface area contributed by atoms with Gasteiger partial charge in [-0.1, -0.05) is 17.7 Å². The van der Waals surface area contributed by atoms with E-state index in [0.29, 0.717) is 23.8 Å². The van der Waals surface area contributed by atoms with Gasteiger partial charge in [0.15, 0.2) is 6.61 Å². The zero-order valence-electron chi connectivity index (χ0n) is 18.2. The van der Waals surface area contributed by atoms with Crippen LogP contribution in [-0.4, -0.2) is 68.2 Å². The van der Waals surface area contributed by atoms with E-state index in [2.05, 4.69) is 5.32 Å². The molecule has 0 spiro atoms. The van der Waals surface area contributed by atoms with E-state index < -0.39 is 28.5 Å². The first-order chi connectivity index (χ1) is 15.6. The van der Waals surface area contributed by atoms with Crippen LogP contribution >= 0.6 is 11.6 Å². The summed E-state index contributed by atoms with van der Waals surface area (Å²) >= 11 is 6.02. The predicted molar refractivity (Wildman–Crippen MR) is 123 cm³/mol. The second-order valence-corrected chi connectivity index (χ2v) is 9.87. The highest BCUT2D eigenvalue weighted by molar-refractivity contribution is 7.89. The molecule has 1 saturated heterocycles. The number of esters is 1. The van der Waals surface area contributed by atoms with Gasteiger partial charge in [0.1, 0.15) is 0 Å². The molecule has 176 valence electrons. The van der Waals surface area contributed by atoms with E-state index in [1.165, 1.54) is 35.5 Å². The number of anilines is 1. The van der Waals surface area contributed by atoms with Crippen LogP contribution in [0.25, 0.3) is 0 Å². The molecular formula is C22H24ClN3O6S. The molecule has 0 radical (unpaired) electrons. The Hall–Kier alpha value is -2.95. The van der Waals surface area contributed by atoms with Crippen molar-refractivity contribution in [2.45, 2.75) is 18.7 Å². The predicted octanol–water partition coefficient (Wildman–Crippen LogP) is 2.30. The fourth-order valence-corrected chi connectivity index (χ4v) is 4.84. The number of carbonyl (C=O) groups is 3. The summed E-state index contributed by atoms with van der Waals surface area (Å²) in [5.41, 5.74) is 1.46. The Bertz CT molecular complexity index is 1160. The van der Waals surface area contributed by atoms with Crippen LogP contribution in [0.1, 0.15) is 22.8 Å². The molecule has 3 rings (SSSR count). The molecule has 0 aromatic heterocycles. The smallest absolute Gasteiger partial charge is 0.338 e. The highest BCUT2D eigenvalue weighted by Crippen LogP contribution is 2.20. The molecule has 0 unspecified atom stereocenters. The Morgan fingerprint density at radius 1 is 1.03 bits per heavy atom. The number of nitrogens with one attached hydrogen (secondary N) is 1. The number of nitrogens with zero attached hydrogens (tertiary/aromatic N) is 2. The number of rotatable bonds is 6. The van der Waals surface area contributed by atoms with Gasteiger partial charge in [-0.05, 0) is 48.9 Å². The summed E-state index contributed by atoms with van der Waals surface area (Å²) in [5, 5.41) is 3.08. The molecule has 11 heteroatoms. The van der Waals surface area contributed by atoms with Gasteiger partial charge in [0.05, 0.1) is 10.5 Å². The average molecular weight is 494 g/mol. The SMILES string of the molecule is CC(=O)N1CCN(S(=O)(=O)c2ccc(C(=O)OCC(=O)Nc3ccc(C)c(Cl)c3)cc2)CC1. The zero-order chi connectivity index (χ0) is 24.2. The largest absolute Gasteiger partial charge is 0.452 e. The van der Waals surface area contributed by atoms with Crippen molar-refractivity contribution < 1.29 is 27.5 Å². The van der Waals surface area contributed by atoms with Crippen LogP contribution in [0.4, 0.5) is 5.69 Å². The first-order valence-electron chi connectivity index (χ1n) is 10.2. The lowest BCUT2D eigenvalue weighted by Gasteiger charge is -2.33. The van der Waals surface area contributed by atoms with Crippen LogP contribution in [0.5, 0.6) is 0 Å². The van der Waals surface area contributed by atoms with Gasteiger partial charge in [0.25, 0.3) is 5.91 Å². The lowest BCUT2D eigenvalue weighted by Crippen LogP contribution is -2.49. The van der Waals surface area contributed by atoms with E-state index in [1.54, 1.807) is 23.1 Å². The summed E-state index contributed by atoms with van der Waals surface area (Å²) in [6, 6.07) is 10.3. The van der Waals surface area contributed by atoms with Crippen molar-refractivity contribution in [1.29, 1.82) is 0 Å². The standard InChI is InChI=1S/C22H24ClN3O6S/c1-15-3-6-18(13-20(15)23)24-21(28)14-32-22(29)17-4-7-19(8-5-17)33(30,31)26-11-9-25(10-12-26)16(2)27/h3-8,13H,9-12,14H2,1-2H3,(H,24,28). The van der Waals surface area contributed by atoms with Crippen LogP contribution in [-0.2, 0) is 24.3 Å². The molecule has 0 aliphatic carbocycles. The molecule has 1 heterocycles. The summed E-state index contributed by atoms with van der Waals surface area (Å²) in [4.78, 5) is 37.3. The molecule has 1 aliphatic rings. The van der Waals surface area contributed by atoms with Gasteiger partial charge >= 0.3 is 5.97 Å². The molecule has 2 amide bonds. The van der Waals surface area contributed by atoms with Crippen molar-refractivity contribution in [2.24, 2.45) is 0 Å². The van der Waals surface area contributed by atoms with Gasteiger partial charge in [-0.2, -0.15) is 4.31 Å². The number of sulfonamides is 1. The van der Waals surface area contributed by atoms with Crippen molar-refractivity contribution in [3.63, 3.8) is 0 Å². The zero-order valence-corrected chi connectivity index (χ0v) is 19.8. The van der Waals surface area contributed by atoms with E-state index >= 15 is 0 Å². The average Bonchev–Trinajstić information content (AvgIpc) is 2.80. The van der Waals surface area contributed by atoms with E-state index in [4.69, 9.17) is 16.3 Å². The van der Waals surface area contributed by atoms with Crippen molar-refractivity contribution in [3.8, 4) is 0 Å². The number of carbonyl (C=O) groups excluding carboxylic acids is 3. The molecule has 1 fully saturated rings. The lowest BCUT2D eigenvalue weighted by molar-refractivity contribution is -0.130. The van der Waals surface area contributed by atoms with Crippen LogP contribution < -0.4 is 5.32 Å². The van der Waals surface area contributed by atoms with Crippen molar-refractivity contribution in [2.75, 3.05) is 38.1 Å². The molecule has 9 nitrogen and oxygen atoms in total. The van der Waals surface area contributed by atoms with Crippen LogP contribution in [0.3, 0.4) is 0 Å². The number of amides is 2. The van der Waals surface area contributed by atoms with Crippen LogP contribution in [0, 0.1) is 6.92 Å². The lowest BCUT2D eigenvalue weighted by atomic mass is 10.2. The number of halogens is 1. The monoisotopic (exact) mass is 493 g/mol. The Morgan fingerprint density at radius 3 is 2.24 bits per heavy atom. The van der Waals surface area contributed by atoms with Crippen molar-refractivity contribution >= 4 is 45.1 Å². The quantitative estimate of drug-likeness (QED) is 0.618. The van der Waals surface area contributed by atoms with Crippen LogP contribution in [0.2, 0.25) is 5.02 Å². The van der Waals surface area contributed by atoms with Gasteiger partial charge in [0.2, 0.25) is 15.9 Å². The number of ether oxygens (including phenoxy) is 1. The number of hydrogen-bond donors (Lipinski definition) is 1. The number of benzene rings is 2. The summed E-state index contributed by atoms with van der Waals surface area (Å²) in [6.07, 6.45) is 0. The van der Waals surface area contributed by atoms with E-state index in [0.717, 1.165) is 5.56 Å². The van der Waals surface area contributed by atoms with E-state index in [-0.39, 0.29) is 29.5 Å². The minimum atomic E-state index is -3.75. The molecular weight excluding hydrogens is 470 g/mol. The molecule has 1 aliphatic heterocycles. The van der Waals surface area contributed by atoms with Crippen molar-refractivity contribution in [3.05, 3.63) is 58.6 Å². The summed E-state index contributed by atoms with van der Waals surface area (Å²) in [5.74, 6) is -1.38. The number of hydrogen-bond acceptors (Lipinski definition) is 6. The van der Waals surface area contributed by atoms with Gasteiger partial charge in [0, 0.05) is 43.8 Å². The molecule has 0 bridgehead atoms. The van der Waals surface area contributed by atoms with Gasteiger partial charge in [-0.25, -0.2) is 13.2 Å². The minimum absolute atomic E-state index is 0.0318. The maximum absolute atomic E-state index is 12.8. The Morgan fingerprint density at radius 2 is 1.67 bits per heavy atom. The molecule has 2 aromatic rings. The normalized spacial score (nSPS) is 14.6. The molecule has 0 atom stereocenters. The minimum Gasteiger partial charge on any atom is -0.452 e. The van der Waals surface area contributed by atoms with Crippen molar-refractivity contribution in [1.82, 2.24) is 9.21 Å². The number of aryl methyl sites for hydroxylation is 1. The third-order valence-electron chi connectivity index (χ3n) is 5.20. The van der Waals surface area contributed by atoms with Gasteiger partial charge in [-0.3, -0.25) is 9.59 Å². The third kappa shape index (κ3) is 6.10. The highest BCUT2D eigenvalue weighted by Gasteiger charge is 2.29. The Balaban J connectivity index is 1.55. The second kappa shape index (κ2) is 10.3. The fourth-order valence-electron chi connectivity index (χ4n) is 3.24. The van der Waals surface area contributed by atoms with E-state index in [1.807, 2.05) is 6.92 Å². The first kappa shape index (κ1) is 24.7. The summed E-state index contributed by atoms with van der Waals surface area (Å²) < 4.78 is 32.0. The molecule has 2 aromatic carbocycles. The maximum Gasteiger partial charge on any atom is 0.338 e. The second-order valence-electron chi connectivity index (χ2n) is 7.52. The molecule has 33 heavy (non-hydrogen) atoms. The summed E-state index contributed by atoms with van der Waals surface area (Å²) in [7, 11) is -3.75. The summed E-state index contributed by atoms with van der Waals surface area (Å²) in [6.45, 7) is 3.83. The Kier molecular flexibility index (Phi) is 7.72. The Labute approximate surface area is 197 Å². The third-order valence-corrected chi connectivity index (χ3v) is 7.52. The molecule has 0 saturated carbocycles. The fraction of sp³-hybridized carbons (Fsp3) is 0.318. The van der Waals surface area contributed by atoms with Gasteiger partial charge < -0.3 is 15.0 Å². The number of piperazine rings is 1.